The van der Waals surface area contributed by atoms with Crippen LogP contribution in [0.25, 0.3) is 5.57 Å². The summed E-state index contributed by atoms with van der Waals surface area (Å²) in [5.41, 5.74) is 8.46. The summed E-state index contributed by atoms with van der Waals surface area (Å²) in [5.74, 6) is 0.917. The normalized spacial score (nSPS) is 16.3. The Morgan fingerprint density at radius 1 is 1.26 bits per heavy atom. The van der Waals surface area contributed by atoms with Crippen LogP contribution >= 0.6 is 0 Å². The van der Waals surface area contributed by atoms with Crippen LogP contribution in [0.4, 0.5) is 0 Å². The summed E-state index contributed by atoms with van der Waals surface area (Å²) in [4.78, 5) is 11.7. The quantitative estimate of drug-likeness (QED) is 0.597. The van der Waals surface area contributed by atoms with Crippen molar-refractivity contribution in [1.29, 1.82) is 0 Å². The number of ether oxygens (including phenoxy) is 1. The lowest BCUT2D eigenvalue weighted by molar-refractivity contribution is 0.0698. The molecule has 157 valence electrons. The molecule has 1 unspecified atom stereocenters. The number of rotatable bonds is 6. The van der Waals surface area contributed by atoms with Gasteiger partial charge in [-0.1, -0.05) is 55.2 Å². The number of carboxylic acid groups (broad SMARTS) is 1. The molecular formula is C27H28BO3. The summed E-state index contributed by atoms with van der Waals surface area (Å²) >= 11 is 0. The van der Waals surface area contributed by atoms with Gasteiger partial charge in [-0.15, -0.1) is 0 Å². The van der Waals surface area contributed by atoms with E-state index < -0.39 is 5.97 Å². The van der Waals surface area contributed by atoms with Gasteiger partial charge >= 0.3 is 5.97 Å². The molecule has 0 saturated heterocycles. The third-order valence-electron chi connectivity index (χ3n) is 6.08. The minimum atomic E-state index is -0.909. The van der Waals surface area contributed by atoms with E-state index in [0.717, 1.165) is 47.4 Å². The van der Waals surface area contributed by atoms with Crippen LogP contribution in [0.15, 0.2) is 65.5 Å². The first-order valence-electron chi connectivity index (χ1n) is 11.0. The number of hydrogen-bond donors (Lipinski definition) is 1. The molecule has 1 heterocycles. The van der Waals surface area contributed by atoms with E-state index in [4.69, 9.17) is 4.74 Å². The zero-order valence-electron chi connectivity index (χ0n) is 18.7. The Labute approximate surface area is 185 Å². The molecule has 2 aromatic carbocycles. The number of carboxylic acids is 1. The molecule has 1 aliphatic heterocycles. The minimum Gasteiger partial charge on any atom is -0.478 e. The minimum absolute atomic E-state index is 0.00497. The molecule has 1 radical (unpaired) electrons. The molecular weight excluding hydrogens is 383 g/mol. The molecule has 0 bridgehead atoms. The summed E-state index contributed by atoms with van der Waals surface area (Å²) in [6.45, 7) is 8.42. The van der Waals surface area contributed by atoms with Gasteiger partial charge < -0.3 is 9.84 Å². The molecule has 1 atom stereocenters. The van der Waals surface area contributed by atoms with Crippen molar-refractivity contribution in [2.45, 2.75) is 52.8 Å². The second kappa shape index (κ2) is 8.62. The number of aryl methyl sites for hydroxylation is 1. The first-order chi connectivity index (χ1) is 14.9. The molecule has 1 aliphatic carbocycles. The molecule has 0 aromatic heterocycles. The van der Waals surface area contributed by atoms with Gasteiger partial charge in [-0.3, -0.25) is 0 Å². The highest BCUT2D eigenvalue weighted by atomic mass is 16.5. The number of benzene rings is 2. The van der Waals surface area contributed by atoms with Gasteiger partial charge in [0.1, 0.15) is 11.5 Å². The maximum absolute atomic E-state index is 11.7. The Hall–Kier alpha value is -3.01. The molecule has 0 amide bonds. The summed E-state index contributed by atoms with van der Waals surface area (Å²) in [6.07, 6.45) is 7.54. The molecule has 3 nitrogen and oxygen atoms in total. The van der Waals surface area contributed by atoms with Crippen LogP contribution in [0.3, 0.4) is 0 Å². The summed E-state index contributed by atoms with van der Waals surface area (Å²) in [6, 6.07) is 11.5. The third kappa shape index (κ3) is 4.25. The molecule has 0 spiro atoms. The number of allylic oxidation sites excluding steroid dienone is 5. The summed E-state index contributed by atoms with van der Waals surface area (Å²) < 4.78 is 6.53. The lowest BCUT2D eigenvalue weighted by Gasteiger charge is -2.27. The van der Waals surface area contributed by atoms with Crippen LogP contribution in [0.1, 0.15) is 72.9 Å². The van der Waals surface area contributed by atoms with Crippen molar-refractivity contribution >= 4 is 24.3 Å². The van der Waals surface area contributed by atoms with Crippen molar-refractivity contribution in [3.63, 3.8) is 0 Å². The van der Waals surface area contributed by atoms with E-state index in [2.05, 4.69) is 52.0 Å². The van der Waals surface area contributed by atoms with Gasteiger partial charge in [-0.2, -0.15) is 0 Å². The Morgan fingerprint density at radius 2 is 2.00 bits per heavy atom. The number of hydrogen-bond acceptors (Lipinski definition) is 2. The third-order valence-corrected chi connectivity index (χ3v) is 6.08. The van der Waals surface area contributed by atoms with Crippen LogP contribution in [0, 0.1) is 6.92 Å². The fourth-order valence-electron chi connectivity index (χ4n) is 4.30. The maximum Gasteiger partial charge on any atom is 0.335 e. The van der Waals surface area contributed by atoms with Crippen LogP contribution < -0.4 is 10.2 Å². The number of aromatic carboxylic acids is 1. The van der Waals surface area contributed by atoms with E-state index in [-0.39, 0.29) is 5.82 Å². The maximum atomic E-state index is 11.7. The highest BCUT2D eigenvalue weighted by molar-refractivity contribution is 6.56. The summed E-state index contributed by atoms with van der Waals surface area (Å²) in [7, 11) is 2.03. The Balaban J connectivity index is 1.79. The highest BCUT2D eigenvalue weighted by Gasteiger charge is 2.29. The fourth-order valence-corrected chi connectivity index (χ4v) is 4.30. The Kier molecular flexibility index (Phi) is 5.91. The van der Waals surface area contributed by atoms with Crippen LogP contribution in [-0.4, -0.2) is 18.4 Å². The van der Waals surface area contributed by atoms with Crippen molar-refractivity contribution in [2.75, 3.05) is 0 Å². The van der Waals surface area contributed by atoms with Gasteiger partial charge in [0.15, 0.2) is 7.28 Å². The standard InChI is InChI=1S/C27H28BO3/c1-5-18(6-2)25-15-22(19-11-12-19)23-14-16(3)13-21(26(23)31-25)17(4)28-24-10-8-7-9-20(24)27(29)30/h5,7-10,13-15,17H,6,11-12H2,1-4H3,(H,29,30)/b18-5+. The van der Waals surface area contributed by atoms with Crippen molar-refractivity contribution in [3.05, 3.63) is 87.7 Å². The largest absolute Gasteiger partial charge is 0.478 e. The Morgan fingerprint density at radius 3 is 2.65 bits per heavy atom. The second-order valence-corrected chi connectivity index (χ2v) is 8.37. The molecule has 1 N–H and O–H groups in total. The van der Waals surface area contributed by atoms with Gasteiger partial charge in [0.05, 0.1) is 5.56 Å². The SMILES string of the molecule is C/C=C(\CC)C1=CC(=C2CC2)c2cc(C)cc(C(C)[B]c3ccccc3C(=O)O)c2O1. The second-order valence-electron chi connectivity index (χ2n) is 8.37. The van der Waals surface area contributed by atoms with Crippen molar-refractivity contribution in [3.8, 4) is 5.75 Å². The van der Waals surface area contributed by atoms with Crippen molar-refractivity contribution < 1.29 is 14.6 Å². The van der Waals surface area contributed by atoms with Gasteiger partial charge in [-0.25, -0.2) is 4.79 Å². The smallest absolute Gasteiger partial charge is 0.335 e. The predicted molar refractivity (Wildman–Crippen MR) is 127 cm³/mol. The molecule has 4 rings (SSSR count). The van der Waals surface area contributed by atoms with E-state index in [1.54, 1.807) is 12.1 Å². The first kappa shape index (κ1) is 21.2. The van der Waals surface area contributed by atoms with Gasteiger partial charge in [-0.05, 0) is 79.4 Å². The fraction of sp³-hybridized carbons (Fsp3) is 0.296. The van der Waals surface area contributed by atoms with E-state index >= 15 is 0 Å². The monoisotopic (exact) mass is 411 g/mol. The first-order valence-corrected chi connectivity index (χ1v) is 11.0. The van der Waals surface area contributed by atoms with E-state index in [1.807, 2.05) is 19.4 Å². The predicted octanol–water partition coefficient (Wildman–Crippen LogP) is 5.96. The molecule has 1 saturated carbocycles. The number of carbonyl (C=O) groups is 1. The van der Waals surface area contributed by atoms with E-state index in [0.29, 0.717) is 5.56 Å². The van der Waals surface area contributed by atoms with Crippen molar-refractivity contribution in [2.24, 2.45) is 0 Å². The molecule has 2 aliphatic rings. The van der Waals surface area contributed by atoms with Crippen LogP contribution in [-0.2, 0) is 0 Å². The van der Waals surface area contributed by atoms with Crippen LogP contribution in [0.2, 0.25) is 0 Å². The molecule has 31 heavy (non-hydrogen) atoms. The zero-order chi connectivity index (χ0) is 22.1. The molecule has 2 aromatic rings. The zero-order valence-corrected chi connectivity index (χ0v) is 18.7. The molecule has 4 heteroatoms. The van der Waals surface area contributed by atoms with Crippen molar-refractivity contribution in [1.82, 2.24) is 0 Å². The van der Waals surface area contributed by atoms with E-state index in [9.17, 15) is 9.90 Å². The van der Waals surface area contributed by atoms with Gasteiger partial charge in [0.2, 0.25) is 0 Å². The highest BCUT2D eigenvalue weighted by Crippen LogP contribution is 2.47. The summed E-state index contributed by atoms with van der Waals surface area (Å²) in [5, 5.41) is 9.57. The lowest BCUT2D eigenvalue weighted by atomic mass is 9.56. The number of fused-ring (bicyclic) bond motifs is 1. The average Bonchev–Trinajstić information content (AvgIpc) is 3.59. The topological polar surface area (TPSA) is 46.5 Å². The van der Waals surface area contributed by atoms with Gasteiger partial charge in [0, 0.05) is 5.56 Å². The van der Waals surface area contributed by atoms with Crippen LogP contribution in [0.5, 0.6) is 5.75 Å². The average molecular weight is 411 g/mol. The lowest BCUT2D eigenvalue weighted by Crippen LogP contribution is -2.27. The van der Waals surface area contributed by atoms with Gasteiger partial charge in [0.25, 0.3) is 0 Å². The Bertz CT molecular complexity index is 1130. The molecule has 1 fully saturated rings. The van der Waals surface area contributed by atoms with E-state index in [1.165, 1.54) is 22.3 Å².